The van der Waals surface area contributed by atoms with Crippen molar-refractivity contribution < 1.29 is 28.5 Å². The van der Waals surface area contributed by atoms with E-state index in [9.17, 15) is 10.1 Å². The average molecular weight is 535 g/mol. The minimum atomic E-state index is -0.623. The summed E-state index contributed by atoms with van der Waals surface area (Å²) in [4.78, 5) is 12.4. The monoisotopic (exact) mass is 534 g/mol. The lowest BCUT2D eigenvalue weighted by Crippen LogP contribution is -2.22. The summed E-state index contributed by atoms with van der Waals surface area (Å²) in [5, 5.41) is 10.3. The molecule has 0 amide bonds. The van der Waals surface area contributed by atoms with Gasteiger partial charge in [-0.3, -0.25) is 0 Å². The lowest BCUT2D eigenvalue weighted by atomic mass is 9.83. The van der Waals surface area contributed by atoms with Crippen molar-refractivity contribution in [3.63, 3.8) is 0 Å². The van der Waals surface area contributed by atoms with Crippen LogP contribution in [-0.2, 0) is 4.79 Å². The Morgan fingerprint density at radius 1 is 1.03 bits per heavy atom. The first-order valence-electron chi connectivity index (χ1n) is 12.1. The molecule has 0 fully saturated rings. The maximum absolute atomic E-state index is 12.4. The number of hydrogen-bond donors (Lipinski definition) is 1. The maximum Gasteiger partial charge on any atom is 0.349 e. The Hall–Kier alpha value is -4.35. The number of fused-ring (bicyclic) bond motifs is 1. The normalized spacial score (nSPS) is 14.1. The molecule has 0 aromatic heterocycles. The van der Waals surface area contributed by atoms with Gasteiger partial charge in [-0.2, -0.15) is 5.26 Å². The zero-order chi connectivity index (χ0) is 27.1. The number of nitrogens with zero attached hydrogens (tertiary/aromatic N) is 1. The Morgan fingerprint density at radius 3 is 2.58 bits per heavy atom. The molecule has 1 aliphatic rings. The molecule has 4 rings (SSSR count). The molecule has 0 spiro atoms. The summed E-state index contributed by atoms with van der Waals surface area (Å²) in [5.74, 6) is 1.02. The number of nitriles is 1. The van der Waals surface area contributed by atoms with E-state index in [1.165, 1.54) is 0 Å². The predicted molar refractivity (Wildman–Crippen MR) is 142 cm³/mol. The summed E-state index contributed by atoms with van der Waals surface area (Å²) in [7, 11) is 0. The highest BCUT2D eigenvalue weighted by Crippen LogP contribution is 2.45. The van der Waals surface area contributed by atoms with Crippen LogP contribution in [0.3, 0.4) is 0 Å². The quantitative estimate of drug-likeness (QED) is 0.259. The molecule has 0 bridgehead atoms. The molecule has 1 aliphatic heterocycles. The molecule has 38 heavy (non-hydrogen) atoms. The standard InChI is InChI=1S/C29H27ClN2O6/c1-3-13-35-24-12-9-18(14-26(24)34-4-2)28-20-11-10-19(15-25(20)38-29(32)21(28)16-31)37-27(33)17-36-23-8-6-5-7-22(23)30/h5-12,14-15,28H,3-4,13,17,32H2,1-2H3. The van der Waals surface area contributed by atoms with Crippen LogP contribution in [0, 0.1) is 11.3 Å². The van der Waals surface area contributed by atoms with E-state index >= 15 is 0 Å². The van der Waals surface area contributed by atoms with Gasteiger partial charge in [0.2, 0.25) is 5.88 Å². The lowest BCUT2D eigenvalue weighted by molar-refractivity contribution is -0.136. The number of halogens is 1. The Balaban J connectivity index is 1.59. The number of benzene rings is 3. The second-order valence-corrected chi connectivity index (χ2v) is 8.71. The van der Waals surface area contributed by atoms with Crippen LogP contribution in [0.5, 0.6) is 28.7 Å². The van der Waals surface area contributed by atoms with E-state index in [0.29, 0.717) is 46.8 Å². The van der Waals surface area contributed by atoms with Crippen molar-refractivity contribution in [2.45, 2.75) is 26.2 Å². The molecule has 8 nitrogen and oxygen atoms in total. The van der Waals surface area contributed by atoms with Gasteiger partial charge in [0.25, 0.3) is 0 Å². The molecule has 2 N–H and O–H groups in total. The molecule has 9 heteroatoms. The van der Waals surface area contributed by atoms with Crippen molar-refractivity contribution in [1.29, 1.82) is 5.26 Å². The number of allylic oxidation sites excluding steroid dienone is 1. The largest absolute Gasteiger partial charge is 0.490 e. The molecule has 0 saturated heterocycles. The third kappa shape index (κ3) is 5.96. The topological polar surface area (TPSA) is 113 Å². The average Bonchev–Trinajstić information content (AvgIpc) is 2.91. The lowest BCUT2D eigenvalue weighted by Gasteiger charge is -2.27. The second kappa shape index (κ2) is 12.3. The zero-order valence-electron chi connectivity index (χ0n) is 21.0. The minimum Gasteiger partial charge on any atom is -0.490 e. The Bertz CT molecular complexity index is 1400. The van der Waals surface area contributed by atoms with E-state index in [1.54, 1.807) is 42.5 Å². The Kier molecular flexibility index (Phi) is 8.62. The number of nitrogens with two attached hydrogens (primary N) is 1. The Morgan fingerprint density at radius 2 is 1.84 bits per heavy atom. The number of para-hydroxylation sites is 1. The van der Waals surface area contributed by atoms with Crippen molar-refractivity contribution in [3.05, 3.63) is 88.3 Å². The zero-order valence-corrected chi connectivity index (χ0v) is 21.8. The summed E-state index contributed by atoms with van der Waals surface area (Å²) < 4.78 is 28.2. The number of carbonyl (C=O) groups excluding carboxylic acids is 1. The third-order valence-corrected chi connectivity index (χ3v) is 5.98. The summed E-state index contributed by atoms with van der Waals surface area (Å²) in [6.45, 7) is 4.59. The molecule has 0 saturated carbocycles. The van der Waals surface area contributed by atoms with Crippen molar-refractivity contribution in [1.82, 2.24) is 0 Å². The van der Waals surface area contributed by atoms with Crippen LogP contribution >= 0.6 is 11.6 Å². The number of esters is 1. The van der Waals surface area contributed by atoms with Crippen LogP contribution in [0.4, 0.5) is 0 Å². The van der Waals surface area contributed by atoms with Gasteiger partial charge in [-0.1, -0.05) is 42.8 Å². The predicted octanol–water partition coefficient (Wildman–Crippen LogP) is 5.73. The van der Waals surface area contributed by atoms with Crippen molar-refractivity contribution in [2.75, 3.05) is 19.8 Å². The molecular formula is C29H27ClN2O6. The van der Waals surface area contributed by atoms with Crippen LogP contribution in [0.15, 0.2) is 72.1 Å². The van der Waals surface area contributed by atoms with Gasteiger partial charge in [-0.25, -0.2) is 4.79 Å². The van der Waals surface area contributed by atoms with Crippen LogP contribution < -0.4 is 29.4 Å². The first-order valence-corrected chi connectivity index (χ1v) is 12.5. The highest BCUT2D eigenvalue weighted by molar-refractivity contribution is 6.32. The number of ether oxygens (including phenoxy) is 5. The Labute approximate surface area is 226 Å². The summed E-state index contributed by atoms with van der Waals surface area (Å²) in [5.41, 5.74) is 7.87. The molecule has 196 valence electrons. The fraction of sp³-hybridized carbons (Fsp3) is 0.241. The summed E-state index contributed by atoms with van der Waals surface area (Å²) in [6.07, 6.45) is 0.859. The van der Waals surface area contributed by atoms with E-state index in [-0.39, 0.29) is 23.8 Å². The summed E-state index contributed by atoms with van der Waals surface area (Å²) >= 11 is 6.06. The molecular weight excluding hydrogens is 508 g/mol. The van der Waals surface area contributed by atoms with E-state index < -0.39 is 11.9 Å². The van der Waals surface area contributed by atoms with Crippen LogP contribution in [-0.4, -0.2) is 25.8 Å². The third-order valence-electron chi connectivity index (χ3n) is 5.67. The molecule has 0 radical (unpaired) electrons. The number of rotatable bonds is 10. The van der Waals surface area contributed by atoms with E-state index in [1.807, 2.05) is 32.0 Å². The van der Waals surface area contributed by atoms with Gasteiger partial charge in [0.05, 0.1) is 24.2 Å². The molecule has 3 aromatic carbocycles. The van der Waals surface area contributed by atoms with Crippen LogP contribution in [0.1, 0.15) is 37.3 Å². The highest BCUT2D eigenvalue weighted by atomic mass is 35.5. The first-order chi connectivity index (χ1) is 18.4. The SMILES string of the molecule is CCCOc1ccc(C2C(C#N)=C(N)Oc3cc(OC(=O)COc4ccccc4Cl)ccc32)cc1OCC. The molecule has 1 heterocycles. The van der Waals surface area contributed by atoms with Gasteiger partial charge in [0, 0.05) is 11.6 Å². The molecule has 1 atom stereocenters. The first kappa shape index (κ1) is 26.7. The van der Waals surface area contributed by atoms with E-state index in [2.05, 4.69) is 6.07 Å². The fourth-order valence-electron chi connectivity index (χ4n) is 4.01. The van der Waals surface area contributed by atoms with Crippen molar-refractivity contribution in [3.8, 4) is 34.8 Å². The minimum absolute atomic E-state index is 0.0280. The van der Waals surface area contributed by atoms with Crippen molar-refractivity contribution in [2.24, 2.45) is 5.73 Å². The smallest absolute Gasteiger partial charge is 0.349 e. The van der Waals surface area contributed by atoms with Gasteiger partial charge in [0.15, 0.2) is 18.1 Å². The van der Waals surface area contributed by atoms with Crippen molar-refractivity contribution >= 4 is 17.6 Å². The fourth-order valence-corrected chi connectivity index (χ4v) is 4.20. The van der Waals surface area contributed by atoms with Gasteiger partial charge < -0.3 is 29.4 Å². The number of hydrogen-bond acceptors (Lipinski definition) is 8. The van der Waals surface area contributed by atoms with Gasteiger partial charge in [-0.15, -0.1) is 0 Å². The summed E-state index contributed by atoms with van der Waals surface area (Å²) in [6, 6.07) is 19.5. The maximum atomic E-state index is 12.4. The highest BCUT2D eigenvalue weighted by Gasteiger charge is 2.32. The molecule has 1 unspecified atom stereocenters. The van der Waals surface area contributed by atoms with Gasteiger partial charge in [-0.05, 0) is 49.2 Å². The van der Waals surface area contributed by atoms with Gasteiger partial charge >= 0.3 is 5.97 Å². The van der Waals surface area contributed by atoms with E-state index in [4.69, 9.17) is 41.0 Å². The van der Waals surface area contributed by atoms with Gasteiger partial charge in [0.1, 0.15) is 28.9 Å². The molecule has 0 aliphatic carbocycles. The van der Waals surface area contributed by atoms with Crippen LogP contribution in [0.2, 0.25) is 5.02 Å². The molecule has 3 aromatic rings. The number of carbonyl (C=O) groups is 1. The van der Waals surface area contributed by atoms with Crippen LogP contribution in [0.25, 0.3) is 0 Å². The second-order valence-electron chi connectivity index (χ2n) is 8.31. The van der Waals surface area contributed by atoms with E-state index in [0.717, 1.165) is 12.0 Å².